The molecule has 0 radical (unpaired) electrons. The highest BCUT2D eigenvalue weighted by atomic mass is 19.1. The van der Waals surface area contributed by atoms with Crippen molar-refractivity contribution in [1.82, 2.24) is 24.7 Å². The SMILES string of the molecule is O=C(c1ncccn1)N1CCCN2C(=O)CN(Cc3ccc(F)cc3)C(=O)C2C1. The average Bonchev–Trinajstić information content (AvgIpc) is 2.97. The highest BCUT2D eigenvalue weighted by molar-refractivity contribution is 5.96. The summed E-state index contributed by atoms with van der Waals surface area (Å²) in [6.45, 7) is 1.12. The van der Waals surface area contributed by atoms with Gasteiger partial charge in [-0.05, 0) is 30.2 Å². The van der Waals surface area contributed by atoms with Gasteiger partial charge in [0.1, 0.15) is 18.4 Å². The van der Waals surface area contributed by atoms with Gasteiger partial charge in [0.05, 0.1) is 6.54 Å². The van der Waals surface area contributed by atoms with Crippen molar-refractivity contribution in [3.05, 3.63) is 59.9 Å². The Morgan fingerprint density at radius 1 is 1.10 bits per heavy atom. The first-order valence-corrected chi connectivity index (χ1v) is 9.42. The summed E-state index contributed by atoms with van der Waals surface area (Å²) < 4.78 is 13.1. The van der Waals surface area contributed by atoms with E-state index in [1.807, 2.05) is 0 Å². The third-order valence-electron chi connectivity index (χ3n) is 5.17. The first kappa shape index (κ1) is 19.0. The van der Waals surface area contributed by atoms with Crippen LogP contribution >= 0.6 is 0 Å². The van der Waals surface area contributed by atoms with Crippen molar-refractivity contribution in [2.75, 3.05) is 26.2 Å². The van der Waals surface area contributed by atoms with E-state index in [0.717, 1.165) is 5.56 Å². The van der Waals surface area contributed by atoms with Crippen LogP contribution in [0.5, 0.6) is 0 Å². The Kier molecular flexibility index (Phi) is 5.20. The van der Waals surface area contributed by atoms with E-state index in [9.17, 15) is 18.8 Å². The summed E-state index contributed by atoms with van der Waals surface area (Å²) in [7, 11) is 0. The number of rotatable bonds is 3. The Morgan fingerprint density at radius 2 is 1.83 bits per heavy atom. The predicted octanol–water partition coefficient (Wildman–Crippen LogP) is 0.701. The van der Waals surface area contributed by atoms with Gasteiger partial charge in [-0.3, -0.25) is 14.4 Å². The van der Waals surface area contributed by atoms with Crippen LogP contribution in [0.15, 0.2) is 42.7 Å². The van der Waals surface area contributed by atoms with Crippen molar-refractivity contribution in [3.8, 4) is 0 Å². The molecule has 1 aromatic heterocycles. The average molecular weight is 397 g/mol. The van der Waals surface area contributed by atoms with Crippen molar-refractivity contribution in [2.45, 2.75) is 19.0 Å². The lowest BCUT2D eigenvalue weighted by Gasteiger charge is -2.40. The molecule has 0 aliphatic carbocycles. The Bertz CT molecular complexity index is 921. The number of hydrogen-bond acceptors (Lipinski definition) is 5. The van der Waals surface area contributed by atoms with Crippen LogP contribution in [0.25, 0.3) is 0 Å². The van der Waals surface area contributed by atoms with Gasteiger partial charge < -0.3 is 14.7 Å². The van der Waals surface area contributed by atoms with Gasteiger partial charge in [-0.2, -0.15) is 0 Å². The smallest absolute Gasteiger partial charge is 0.291 e. The number of amides is 3. The van der Waals surface area contributed by atoms with E-state index in [4.69, 9.17) is 0 Å². The maximum atomic E-state index is 13.1. The zero-order valence-electron chi connectivity index (χ0n) is 15.7. The molecular weight excluding hydrogens is 377 g/mol. The van der Waals surface area contributed by atoms with Crippen molar-refractivity contribution in [1.29, 1.82) is 0 Å². The lowest BCUT2D eigenvalue weighted by molar-refractivity contribution is -0.156. The van der Waals surface area contributed by atoms with Crippen LogP contribution in [0.3, 0.4) is 0 Å². The fourth-order valence-corrected chi connectivity index (χ4v) is 3.72. The zero-order chi connectivity index (χ0) is 20.4. The lowest BCUT2D eigenvalue weighted by atomic mass is 10.1. The van der Waals surface area contributed by atoms with Crippen LogP contribution in [0.4, 0.5) is 4.39 Å². The van der Waals surface area contributed by atoms with Gasteiger partial charge in [0.15, 0.2) is 0 Å². The number of piperazine rings is 1. The molecule has 8 nitrogen and oxygen atoms in total. The molecule has 0 spiro atoms. The van der Waals surface area contributed by atoms with E-state index in [1.54, 1.807) is 23.1 Å². The molecule has 1 unspecified atom stereocenters. The summed E-state index contributed by atoms with van der Waals surface area (Å²) >= 11 is 0. The van der Waals surface area contributed by atoms with E-state index >= 15 is 0 Å². The van der Waals surface area contributed by atoms with E-state index in [1.165, 1.54) is 34.3 Å². The third-order valence-corrected chi connectivity index (χ3v) is 5.17. The number of halogens is 1. The summed E-state index contributed by atoms with van der Waals surface area (Å²) in [6.07, 6.45) is 3.56. The van der Waals surface area contributed by atoms with Crippen LogP contribution in [-0.2, 0) is 16.1 Å². The Balaban J connectivity index is 1.53. The Labute approximate surface area is 166 Å². The molecule has 29 heavy (non-hydrogen) atoms. The second-order valence-electron chi connectivity index (χ2n) is 7.10. The van der Waals surface area contributed by atoms with Gasteiger partial charge in [0, 0.05) is 32.0 Å². The normalized spacial score (nSPS) is 19.8. The molecule has 3 heterocycles. The quantitative estimate of drug-likeness (QED) is 0.761. The molecule has 1 aromatic carbocycles. The van der Waals surface area contributed by atoms with E-state index in [-0.39, 0.29) is 49.0 Å². The zero-order valence-corrected chi connectivity index (χ0v) is 15.7. The molecule has 4 rings (SSSR count). The van der Waals surface area contributed by atoms with Crippen molar-refractivity contribution in [3.63, 3.8) is 0 Å². The van der Waals surface area contributed by atoms with Crippen LogP contribution in [-0.4, -0.2) is 74.6 Å². The van der Waals surface area contributed by atoms with Crippen LogP contribution in [0.1, 0.15) is 22.6 Å². The van der Waals surface area contributed by atoms with Crippen molar-refractivity contribution < 1.29 is 18.8 Å². The lowest BCUT2D eigenvalue weighted by Crippen LogP contribution is -2.61. The maximum absolute atomic E-state index is 13.1. The molecule has 2 aromatic rings. The minimum Gasteiger partial charge on any atom is -0.333 e. The van der Waals surface area contributed by atoms with Crippen molar-refractivity contribution in [2.24, 2.45) is 0 Å². The molecule has 2 aliphatic heterocycles. The largest absolute Gasteiger partial charge is 0.333 e. The number of fused-ring (bicyclic) bond motifs is 1. The highest BCUT2D eigenvalue weighted by Crippen LogP contribution is 2.20. The molecule has 150 valence electrons. The number of benzene rings is 1. The molecule has 0 saturated carbocycles. The maximum Gasteiger partial charge on any atom is 0.291 e. The van der Waals surface area contributed by atoms with Crippen LogP contribution in [0, 0.1) is 5.82 Å². The summed E-state index contributed by atoms with van der Waals surface area (Å²) in [5, 5.41) is 0. The predicted molar refractivity (Wildman–Crippen MR) is 99.9 cm³/mol. The summed E-state index contributed by atoms with van der Waals surface area (Å²) in [6, 6.07) is 6.71. The minimum absolute atomic E-state index is 0.0253. The highest BCUT2D eigenvalue weighted by Gasteiger charge is 2.42. The first-order valence-electron chi connectivity index (χ1n) is 9.42. The molecule has 2 fully saturated rings. The number of aromatic nitrogens is 2. The van der Waals surface area contributed by atoms with Gasteiger partial charge in [-0.15, -0.1) is 0 Å². The molecule has 0 bridgehead atoms. The molecule has 3 amide bonds. The number of carbonyl (C=O) groups is 3. The van der Waals surface area contributed by atoms with E-state index < -0.39 is 6.04 Å². The Hall–Kier alpha value is -3.36. The van der Waals surface area contributed by atoms with Crippen LogP contribution < -0.4 is 0 Å². The van der Waals surface area contributed by atoms with Gasteiger partial charge in [0.25, 0.3) is 5.91 Å². The summed E-state index contributed by atoms with van der Waals surface area (Å²) in [5.74, 6) is -1.02. The van der Waals surface area contributed by atoms with Gasteiger partial charge >= 0.3 is 0 Å². The molecule has 2 saturated heterocycles. The topological polar surface area (TPSA) is 86.7 Å². The molecular formula is C20H20FN5O3. The fourth-order valence-electron chi connectivity index (χ4n) is 3.72. The summed E-state index contributed by atoms with van der Waals surface area (Å²) in [5.41, 5.74) is 0.736. The number of carbonyl (C=O) groups excluding carboxylic acids is 3. The first-order chi connectivity index (χ1) is 14.0. The van der Waals surface area contributed by atoms with E-state index in [0.29, 0.717) is 19.5 Å². The van der Waals surface area contributed by atoms with Gasteiger partial charge in [-0.1, -0.05) is 12.1 Å². The molecule has 1 atom stereocenters. The second-order valence-corrected chi connectivity index (χ2v) is 7.10. The minimum atomic E-state index is -0.744. The van der Waals surface area contributed by atoms with Crippen molar-refractivity contribution >= 4 is 17.7 Å². The number of nitrogens with zero attached hydrogens (tertiary/aromatic N) is 5. The third kappa shape index (κ3) is 3.94. The standard InChI is InChI=1S/C20H20FN5O3/c21-15-5-3-14(4-6-15)11-25-13-17(27)26-10-2-9-24(12-16(26)19(25)28)20(29)18-22-7-1-8-23-18/h1,3-8,16H,2,9-13H2. The second kappa shape index (κ2) is 7.94. The van der Waals surface area contributed by atoms with Crippen LogP contribution in [0.2, 0.25) is 0 Å². The molecule has 0 N–H and O–H groups in total. The monoisotopic (exact) mass is 397 g/mol. The van der Waals surface area contributed by atoms with Gasteiger partial charge in [0.2, 0.25) is 17.6 Å². The molecule has 2 aliphatic rings. The number of hydrogen-bond donors (Lipinski definition) is 0. The molecule has 9 heteroatoms. The Morgan fingerprint density at radius 3 is 2.55 bits per heavy atom. The fraction of sp³-hybridized carbons (Fsp3) is 0.350. The van der Waals surface area contributed by atoms with E-state index in [2.05, 4.69) is 9.97 Å². The van der Waals surface area contributed by atoms with Gasteiger partial charge in [-0.25, -0.2) is 14.4 Å². The summed E-state index contributed by atoms with van der Waals surface area (Å²) in [4.78, 5) is 51.1.